The normalized spacial score (nSPS) is 11.4. The second-order valence-corrected chi connectivity index (χ2v) is 7.09. The topological polar surface area (TPSA) is 26.3 Å². The van der Waals surface area contributed by atoms with E-state index in [1.807, 2.05) is 32.0 Å². The van der Waals surface area contributed by atoms with Crippen LogP contribution in [0.1, 0.15) is 84.1 Å². The number of ether oxygens (including phenoxy) is 1. The fourth-order valence-corrected chi connectivity index (χ4v) is 2.81. The molecule has 1 rings (SSSR count). The molecule has 1 aromatic rings. The zero-order valence-corrected chi connectivity index (χ0v) is 15.3. The van der Waals surface area contributed by atoms with E-state index in [1.54, 1.807) is 0 Å². The Balaban J connectivity index is 2.14. The summed E-state index contributed by atoms with van der Waals surface area (Å²) in [5, 5.41) is 0. The largest absolute Gasteiger partial charge is 0.460 e. The summed E-state index contributed by atoms with van der Waals surface area (Å²) < 4.78 is 5.67. The molecule has 0 aromatic heterocycles. The number of carbonyl (C=O) groups is 1. The van der Waals surface area contributed by atoms with Gasteiger partial charge in [-0.3, -0.25) is 4.79 Å². The van der Waals surface area contributed by atoms with Crippen molar-refractivity contribution in [3.05, 3.63) is 35.9 Å². The van der Waals surface area contributed by atoms with Gasteiger partial charge in [0, 0.05) is 6.42 Å². The molecule has 0 atom stereocenters. The number of aryl methyl sites for hydroxylation is 1. The highest BCUT2D eigenvalue weighted by molar-refractivity contribution is 5.70. The SMILES string of the molecule is CCCCCCCCCC(C)(C)OC(=O)CCc1ccccc1. The van der Waals surface area contributed by atoms with E-state index < -0.39 is 0 Å². The molecule has 1 aromatic carbocycles. The van der Waals surface area contributed by atoms with E-state index in [0.29, 0.717) is 6.42 Å². The Morgan fingerprint density at radius 1 is 0.957 bits per heavy atom. The molecule has 0 aliphatic rings. The Morgan fingerprint density at radius 2 is 1.57 bits per heavy atom. The van der Waals surface area contributed by atoms with E-state index in [9.17, 15) is 4.79 Å². The molecule has 0 bridgehead atoms. The van der Waals surface area contributed by atoms with E-state index >= 15 is 0 Å². The summed E-state index contributed by atoms with van der Waals surface area (Å²) in [4.78, 5) is 12.0. The minimum absolute atomic E-state index is 0.0817. The molecule has 0 amide bonds. The molecular formula is C21H34O2. The predicted molar refractivity (Wildman–Crippen MR) is 97.5 cm³/mol. The molecule has 0 spiro atoms. The van der Waals surface area contributed by atoms with Crippen molar-refractivity contribution in [3.63, 3.8) is 0 Å². The lowest BCUT2D eigenvalue weighted by molar-refractivity contribution is -0.157. The number of hydrogen-bond donors (Lipinski definition) is 0. The van der Waals surface area contributed by atoms with Crippen LogP contribution in [0.5, 0.6) is 0 Å². The maximum absolute atomic E-state index is 12.0. The van der Waals surface area contributed by atoms with Crippen molar-refractivity contribution in [2.24, 2.45) is 0 Å². The molecule has 0 unspecified atom stereocenters. The lowest BCUT2D eigenvalue weighted by atomic mass is 9.99. The summed E-state index contributed by atoms with van der Waals surface area (Å²) in [6, 6.07) is 10.1. The number of esters is 1. The average molecular weight is 319 g/mol. The van der Waals surface area contributed by atoms with Gasteiger partial charge in [-0.05, 0) is 38.7 Å². The second kappa shape index (κ2) is 11.3. The van der Waals surface area contributed by atoms with Crippen LogP contribution in [0.4, 0.5) is 0 Å². The summed E-state index contributed by atoms with van der Waals surface area (Å²) in [6.07, 6.45) is 11.2. The number of rotatable bonds is 12. The van der Waals surface area contributed by atoms with E-state index in [4.69, 9.17) is 4.74 Å². The third-order valence-electron chi connectivity index (χ3n) is 4.23. The van der Waals surface area contributed by atoms with Crippen LogP contribution in [-0.2, 0) is 16.0 Å². The molecule has 0 N–H and O–H groups in total. The lowest BCUT2D eigenvalue weighted by Gasteiger charge is -2.25. The Kier molecular flexibility index (Phi) is 9.66. The fraction of sp³-hybridized carbons (Fsp3) is 0.667. The molecule has 130 valence electrons. The van der Waals surface area contributed by atoms with Crippen molar-refractivity contribution < 1.29 is 9.53 Å². The van der Waals surface area contributed by atoms with Gasteiger partial charge in [0.2, 0.25) is 0 Å². The summed E-state index contributed by atoms with van der Waals surface area (Å²) in [5.41, 5.74) is 0.853. The van der Waals surface area contributed by atoms with Crippen LogP contribution in [0, 0.1) is 0 Å². The van der Waals surface area contributed by atoms with Crippen LogP contribution in [-0.4, -0.2) is 11.6 Å². The molecule has 2 nitrogen and oxygen atoms in total. The van der Waals surface area contributed by atoms with Crippen molar-refractivity contribution in [2.75, 3.05) is 0 Å². The summed E-state index contributed by atoms with van der Waals surface area (Å²) >= 11 is 0. The van der Waals surface area contributed by atoms with Crippen LogP contribution in [0.15, 0.2) is 30.3 Å². The maximum atomic E-state index is 12.0. The van der Waals surface area contributed by atoms with Crippen molar-refractivity contribution in [2.45, 2.75) is 90.6 Å². The summed E-state index contributed by atoms with van der Waals surface area (Å²) in [5.74, 6) is -0.0817. The first-order chi connectivity index (χ1) is 11.0. The fourth-order valence-electron chi connectivity index (χ4n) is 2.81. The van der Waals surface area contributed by atoms with Gasteiger partial charge in [0.15, 0.2) is 0 Å². The lowest BCUT2D eigenvalue weighted by Crippen LogP contribution is -2.28. The smallest absolute Gasteiger partial charge is 0.306 e. The van der Waals surface area contributed by atoms with Gasteiger partial charge in [0.1, 0.15) is 5.60 Å². The van der Waals surface area contributed by atoms with Crippen LogP contribution in [0.3, 0.4) is 0 Å². The molecule has 0 heterocycles. The molecule has 0 aliphatic carbocycles. The number of unbranched alkanes of at least 4 members (excludes halogenated alkanes) is 6. The first kappa shape index (κ1) is 19.7. The minimum atomic E-state index is -0.336. The number of hydrogen-bond acceptors (Lipinski definition) is 2. The standard InChI is InChI=1S/C21H34O2/c1-4-5-6-7-8-9-13-18-21(2,3)23-20(22)17-16-19-14-11-10-12-15-19/h10-12,14-15H,4-9,13,16-18H2,1-3H3. The van der Waals surface area contributed by atoms with Crippen molar-refractivity contribution in [3.8, 4) is 0 Å². The average Bonchev–Trinajstić information content (AvgIpc) is 2.52. The minimum Gasteiger partial charge on any atom is -0.460 e. The summed E-state index contributed by atoms with van der Waals surface area (Å²) in [7, 11) is 0. The highest BCUT2D eigenvalue weighted by atomic mass is 16.6. The van der Waals surface area contributed by atoms with Crippen molar-refractivity contribution in [1.82, 2.24) is 0 Å². The third-order valence-corrected chi connectivity index (χ3v) is 4.23. The van der Waals surface area contributed by atoms with E-state index in [1.165, 1.54) is 44.1 Å². The first-order valence-electron chi connectivity index (χ1n) is 9.29. The molecule has 2 heteroatoms. The molecule has 0 saturated heterocycles. The van der Waals surface area contributed by atoms with E-state index in [2.05, 4.69) is 19.1 Å². The van der Waals surface area contributed by atoms with Gasteiger partial charge < -0.3 is 4.74 Å². The van der Waals surface area contributed by atoms with E-state index in [0.717, 1.165) is 19.3 Å². The van der Waals surface area contributed by atoms with Gasteiger partial charge in [-0.1, -0.05) is 75.8 Å². The van der Waals surface area contributed by atoms with Crippen LogP contribution >= 0.6 is 0 Å². The van der Waals surface area contributed by atoms with Gasteiger partial charge in [0.25, 0.3) is 0 Å². The quantitative estimate of drug-likeness (QED) is 0.345. The molecule has 0 aliphatic heterocycles. The van der Waals surface area contributed by atoms with Crippen LogP contribution < -0.4 is 0 Å². The van der Waals surface area contributed by atoms with Crippen molar-refractivity contribution in [1.29, 1.82) is 0 Å². The van der Waals surface area contributed by atoms with Gasteiger partial charge in [-0.2, -0.15) is 0 Å². The predicted octanol–water partition coefficient (Wildman–Crippen LogP) is 6.08. The van der Waals surface area contributed by atoms with Gasteiger partial charge >= 0.3 is 5.97 Å². The molecule has 0 fully saturated rings. The monoisotopic (exact) mass is 318 g/mol. The van der Waals surface area contributed by atoms with Crippen LogP contribution in [0.25, 0.3) is 0 Å². The molecule has 0 saturated carbocycles. The number of benzene rings is 1. The first-order valence-corrected chi connectivity index (χ1v) is 9.29. The maximum Gasteiger partial charge on any atom is 0.306 e. The highest BCUT2D eigenvalue weighted by Crippen LogP contribution is 2.20. The van der Waals surface area contributed by atoms with Gasteiger partial charge in [-0.25, -0.2) is 0 Å². The Morgan fingerprint density at radius 3 is 2.22 bits per heavy atom. The Bertz CT molecular complexity index is 423. The Hall–Kier alpha value is -1.31. The highest BCUT2D eigenvalue weighted by Gasteiger charge is 2.22. The molecular weight excluding hydrogens is 284 g/mol. The zero-order valence-electron chi connectivity index (χ0n) is 15.3. The van der Waals surface area contributed by atoms with Crippen molar-refractivity contribution >= 4 is 5.97 Å². The second-order valence-electron chi connectivity index (χ2n) is 7.09. The molecule has 0 radical (unpaired) electrons. The summed E-state index contributed by atoms with van der Waals surface area (Å²) in [6.45, 7) is 6.31. The van der Waals surface area contributed by atoms with Gasteiger partial charge in [-0.15, -0.1) is 0 Å². The van der Waals surface area contributed by atoms with Crippen LogP contribution in [0.2, 0.25) is 0 Å². The molecule has 23 heavy (non-hydrogen) atoms. The van der Waals surface area contributed by atoms with E-state index in [-0.39, 0.29) is 11.6 Å². The number of carbonyl (C=O) groups excluding carboxylic acids is 1. The zero-order chi connectivity index (χ0) is 17.0. The van der Waals surface area contributed by atoms with Gasteiger partial charge in [0.05, 0.1) is 0 Å². The third kappa shape index (κ3) is 10.1. The Labute approximate surface area is 142 Å².